The molecule has 2 amide bonds. The summed E-state index contributed by atoms with van der Waals surface area (Å²) in [5.74, 6) is 1.68. The molecule has 1 aliphatic heterocycles. The van der Waals surface area contributed by atoms with Crippen molar-refractivity contribution in [3.63, 3.8) is 0 Å². The van der Waals surface area contributed by atoms with Gasteiger partial charge in [0.05, 0.1) is 5.02 Å². The number of carbonyl (C=O) groups is 1. The number of benzene rings is 1. The van der Waals surface area contributed by atoms with Crippen molar-refractivity contribution in [3.8, 4) is 11.5 Å². The van der Waals surface area contributed by atoms with E-state index in [2.05, 4.69) is 15.6 Å². The van der Waals surface area contributed by atoms with Crippen LogP contribution in [0.4, 0.5) is 16.3 Å². The summed E-state index contributed by atoms with van der Waals surface area (Å²) >= 11 is 5.72. The molecule has 0 radical (unpaired) electrons. The average Bonchev–Trinajstić information content (AvgIpc) is 2.89. The Morgan fingerprint density at radius 2 is 2.00 bits per heavy atom. The second-order valence-electron chi connectivity index (χ2n) is 4.01. The van der Waals surface area contributed by atoms with Crippen molar-refractivity contribution in [3.05, 3.63) is 41.6 Å². The molecule has 6 nitrogen and oxygen atoms in total. The fraction of sp³-hybridized carbons (Fsp3) is 0.0769. The Morgan fingerprint density at radius 1 is 1.15 bits per heavy atom. The van der Waals surface area contributed by atoms with Crippen LogP contribution in [0.1, 0.15) is 0 Å². The molecular formula is C13H10ClN3O3. The Morgan fingerprint density at radius 3 is 2.80 bits per heavy atom. The van der Waals surface area contributed by atoms with Crippen LogP contribution in [-0.2, 0) is 0 Å². The minimum atomic E-state index is -0.404. The minimum Gasteiger partial charge on any atom is -0.454 e. The Bertz CT molecular complexity index is 646. The third-order valence-corrected chi connectivity index (χ3v) is 2.82. The smallest absolute Gasteiger partial charge is 0.324 e. The maximum atomic E-state index is 11.8. The van der Waals surface area contributed by atoms with Crippen LogP contribution in [0, 0.1) is 0 Å². The first-order valence-corrected chi connectivity index (χ1v) is 6.18. The number of fused-ring (bicyclic) bond motifs is 1. The van der Waals surface area contributed by atoms with Gasteiger partial charge in [0.1, 0.15) is 5.82 Å². The van der Waals surface area contributed by atoms with Crippen molar-refractivity contribution in [2.45, 2.75) is 0 Å². The van der Waals surface area contributed by atoms with Crippen LogP contribution in [0.25, 0.3) is 0 Å². The highest BCUT2D eigenvalue weighted by molar-refractivity contribution is 6.30. The third-order valence-electron chi connectivity index (χ3n) is 2.60. The van der Waals surface area contributed by atoms with Gasteiger partial charge in [0.15, 0.2) is 11.5 Å². The Hall–Kier alpha value is -2.47. The predicted octanol–water partition coefficient (Wildman–Crippen LogP) is 3.11. The normalized spacial score (nSPS) is 12.1. The first-order valence-electron chi connectivity index (χ1n) is 5.80. The number of aromatic nitrogens is 1. The molecule has 102 valence electrons. The molecule has 2 heterocycles. The van der Waals surface area contributed by atoms with E-state index in [9.17, 15) is 4.79 Å². The van der Waals surface area contributed by atoms with Crippen LogP contribution in [0.2, 0.25) is 5.02 Å². The third kappa shape index (κ3) is 2.75. The molecule has 2 N–H and O–H groups in total. The quantitative estimate of drug-likeness (QED) is 0.892. The van der Waals surface area contributed by atoms with Gasteiger partial charge in [-0.2, -0.15) is 0 Å². The summed E-state index contributed by atoms with van der Waals surface area (Å²) in [6, 6.07) is 8.00. The van der Waals surface area contributed by atoms with Crippen molar-refractivity contribution >= 4 is 29.1 Å². The van der Waals surface area contributed by atoms with Crippen molar-refractivity contribution in [2.24, 2.45) is 0 Å². The summed E-state index contributed by atoms with van der Waals surface area (Å²) in [6.45, 7) is 0.194. The van der Waals surface area contributed by atoms with E-state index in [0.717, 1.165) is 0 Å². The van der Waals surface area contributed by atoms with Crippen LogP contribution >= 0.6 is 11.6 Å². The lowest BCUT2D eigenvalue weighted by Gasteiger charge is -2.07. The molecule has 0 aliphatic carbocycles. The van der Waals surface area contributed by atoms with E-state index in [1.54, 1.807) is 30.3 Å². The van der Waals surface area contributed by atoms with Crippen LogP contribution < -0.4 is 20.1 Å². The molecule has 0 spiro atoms. The van der Waals surface area contributed by atoms with E-state index in [0.29, 0.717) is 28.0 Å². The molecule has 7 heteroatoms. The number of carbonyl (C=O) groups excluding carboxylic acids is 1. The number of anilines is 2. The number of urea groups is 1. The number of rotatable bonds is 2. The van der Waals surface area contributed by atoms with E-state index in [1.165, 1.54) is 6.20 Å². The van der Waals surface area contributed by atoms with Crippen molar-refractivity contribution < 1.29 is 14.3 Å². The van der Waals surface area contributed by atoms with Gasteiger partial charge in [-0.05, 0) is 24.3 Å². The number of ether oxygens (including phenoxy) is 2. The second-order valence-corrected chi connectivity index (χ2v) is 4.45. The largest absolute Gasteiger partial charge is 0.454 e. The summed E-state index contributed by atoms with van der Waals surface area (Å²) in [7, 11) is 0. The number of nitrogens with one attached hydrogen (secondary N) is 2. The Labute approximate surface area is 119 Å². The van der Waals surface area contributed by atoms with Gasteiger partial charge in [0, 0.05) is 18.0 Å². The monoisotopic (exact) mass is 291 g/mol. The first kappa shape index (κ1) is 12.6. The lowest BCUT2D eigenvalue weighted by molar-refractivity contribution is 0.174. The fourth-order valence-electron chi connectivity index (χ4n) is 1.70. The number of nitrogens with zero attached hydrogens (tertiary/aromatic N) is 1. The van der Waals surface area contributed by atoms with E-state index < -0.39 is 6.03 Å². The molecule has 1 aromatic heterocycles. The standard InChI is InChI=1S/C13H10ClN3O3/c14-8-1-4-12(15-6-8)17-13(18)16-9-2-3-10-11(5-9)20-7-19-10/h1-6H,7H2,(H2,15,16,17,18). The van der Waals surface area contributed by atoms with Crippen molar-refractivity contribution in [1.82, 2.24) is 4.98 Å². The van der Waals surface area contributed by atoms with Gasteiger partial charge in [0.2, 0.25) is 6.79 Å². The number of hydrogen-bond acceptors (Lipinski definition) is 4. The van der Waals surface area contributed by atoms with Gasteiger partial charge in [-0.3, -0.25) is 5.32 Å². The molecule has 0 saturated carbocycles. The molecule has 1 aliphatic rings. The zero-order valence-electron chi connectivity index (χ0n) is 10.2. The maximum absolute atomic E-state index is 11.8. The zero-order valence-corrected chi connectivity index (χ0v) is 11.0. The highest BCUT2D eigenvalue weighted by Crippen LogP contribution is 2.34. The summed E-state index contributed by atoms with van der Waals surface area (Å²) in [5, 5.41) is 5.78. The molecule has 20 heavy (non-hydrogen) atoms. The molecule has 2 aromatic rings. The summed E-state index contributed by atoms with van der Waals surface area (Å²) in [6.07, 6.45) is 1.46. The molecule has 1 aromatic carbocycles. The Balaban J connectivity index is 1.65. The number of hydrogen-bond donors (Lipinski definition) is 2. The van der Waals surface area contributed by atoms with Crippen LogP contribution in [0.15, 0.2) is 36.5 Å². The molecule has 0 atom stereocenters. The minimum absolute atomic E-state index is 0.194. The molecule has 0 fully saturated rings. The molecule has 0 saturated heterocycles. The second kappa shape index (κ2) is 5.26. The van der Waals surface area contributed by atoms with E-state index in [-0.39, 0.29) is 6.79 Å². The highest BCUT2D eigenvalue weighted by atomic mass is 35.5. The lowest BCUT2D eigenvalue weighted by atomic mass is 10.3. The molecule has 0 bridgehead atoms. The van der Waals surface area contributed by atoms with Gasteiger partial charge in [0.25, 0.3) is 0 Å². The van der Waals surface area contributed by atoms with Crippen LogP contribution in [0.3, 0.4) is 0 Å². The zero-order chi connectivity index (χ0) is 13.9. The highest BCUT2D eigenvalue weighted by Gasteiger charge is 2.14. The molecule has 0 unspecified atom stereocenters. The molecular weight excluding hydrogens is 282 g/mol. The van der Waals surface area contributed by atoms with Crippen molar-refractivity contribution in [2.75, 3.05) is 17.4 Å². The molecule has 3 rings (SSSR count). The van der Waals surface area contributed by atoms with E-state index >= 15 is 0 Å². The van der Waals surface area contributed by atoms with Gasteiger partial charge < -0.3 is 14.8 Å². The fourth-order valence-corrected chi connectivity index (χ4v) is 1.81. The number of pyridine rings is 1. The Kier molecular flexibility index (Phi) is 3.30. The van der Waals surface area contributed by atoms with Crippen LogP contribution in [0.5, 0.6) is 11.5 Å². The van der Waals surface area contributed by atoms with E-state index in [4.69, 9.17) is 21.1 Å². The average molecular weight is 292 g/mol. The van der Waals surface area contributed by atoms with Gasteiger partial charge in [-0.25, -0.2) is 9.78 Å². The summed E-state index contributed by atoms with van der Waals surface area (Å²) in [4.78, 5) is 15.8. The van der Waals surface area contributed by atoms with Crippen LogP contribution in [-0.4, -0.2) is 17.8 Å². The van der Waals surface area contributed by atoms with Gasteiger partial charge in [-0.1, -0.05) is 11.6 Å². The first-order chi connectivity index (χ1) is 9.70. The van der Waals surface area contributed by atoms with Crippen molar-refractivity contribution in [1.29, 1.82) is 0 Å². The summed E-state index contributed by atoms with van der Waals surface area (Å²) < 4.78 is 10.4. The number of amides is 2. The predicted molar refractivity (Wildman–Crippen MR) is 74.5 cm³/mol. The topological polar surface area (TPSA) is 72.5 Å². The van der Waals surface area contributed by atoms with Gasteiger partial charge >= 0.3 is 6.03 Å². The van der Waals surface area contributed by atoms with Gasteiger partial charge in [-0.15, -0.1) is 0 Å². The van der Waals surface area contributed by atoms with E-state index in [1.807, 2.05) is 0 Å². The maximum Gasteiger partial charge on any atom is 0.324 e. The number of halogens is 1. The lowest BCUT2D eigenvalue weighted by Crippen LogP contribution is -2.19. The summed E-state index contributed by atoms with van der Waals surface area (Å²) in [5.41, 5.74) is 0.598. The SMILES string of the molecule is O=C(Nc1ccc2c(c1)OCO2)Nc1ccc(Cl)cn1.